The van der Waals surface area contributed by atoms with Crippen LogP contribution in [0.25, 0.3) is 0 Å². The maximum Gasteiger partial charge on any atom is 0.0532 e. The molecule has 0 spiro atoms. The van der Waals surface area contributed by atoms with E-state index in [1.165, 1.54) is 57.2 Å². The highest BCUT2D eigenvalue weighted by atomic mass is 32.2. The highest BCUT2D eigenvalue weighted by molar-refractivity contribution is 8.00. The second-order valence-electron chi connectivity index (χ2n) is 3.87. The van der Waals surface area contributed by atoms with Gasteiger partial charge in [0.05, 0.1) is 5.37 Å². The van der Waals surface area contributed by atoms with Crippen LogP contribution in [0.15, 0.2) is 0 Å². The van der Waals surface area contributed by atoms with Gasteiger partial charge in [-0.1, -0.05) is 45.4 Å². The molecule has 2 heteroatoms. The molecule has 78 valence electrons. The topological polar surface area (TPSA) is 12.0 Å². The van der Waals surface area contributed by atoms with Gasteiger partial charge in [0.15, 0.2) is 0 Å². The van der Waals surface area contributed by atoms with Crippen LogP contribution in [0.5, 0.6) is 0 Å². The summed E-state index contributed by atoms with van der Waals surface area (Å²) in [5.74, 6) is 1.32. The van der Waals surface area contributed by atoms with Crippen molar-refractivity contribution in [3.63, 3.8) is 0 Å². The highest BCUT2D eigenvalue weighted by Crippen LogP contribution is 2.19. The Bertz CT molecular complexity index is 111. The first kappa shape index (κ1) is 11.4. The van der Waals surface area contributed by atoms with Crippen molar-refractivity contribution < 1.29 is 0 Å². The van der Waals surface area contributed by atoms with Crippen molar-refractivity contribution >= 4 is 11.8 Å². The van der Waals surface area contributed by atoms with Crippen LogP contribution in [0.1, 0.15) is 51.9 Å². The zero-order valence-corrected chi connectivity index (χ0v) is 9.67. The van der Waals surface area contributed by atoms with E-state index >= 15 is 0 Å². The molecule has 0 aromatic heterocycles. The molecule has 0 bridgehead atoms. The number of hydrogen-bond acceptors (Lipinski definition) is 2. The Morgan fingerprint density at radius 3 is 2.62 bits per heavy atom. The molecular weight excluding hydrogens is 178 g/mol. The van der Waals surface area contributed by atoms with E-state index in [9.17, 15) is 0 Å². The Balaban J connectivity index is 1.78. The number of rotatable bonds is 7. The number of nitrogens with one attached hydrogen (secondary N) is 1. The predicted molar refractivity (Wildman–Crippen MR) is 62.2 cm³/mol. The van der Waals surface area contributed by atoms with Gasteiger partial charge in [0, 0.05) is 12.3 Å². The quantitative estimate of drug-likeness (QED) is 0.634. The fourth-order valence-corrected chi connectivity index (χ4v) is 2.86. The summed E-state index contributed by atoms with van der Waals surface area (Å²) in [6.07, 6.45) is 9.94. The molecule has 1 aliphatic rings. The van der Waals surface area contributed by atoms with Gasteiger partial charge in [-0.15, -0.1) is 11.8 Å². The minimum Gasteiger partial charge on any atom is -0.305 e. The molecule has 1 fully saturated rings. The minimum absolute atomic E-state index is 0.783. The van der Waals surface area contributed by atoms with Gasteiger partial charge < -0.3 is 5.32 Å². The molecule has 13 heavy (non-hydrogen) atoms. The summed E-state index contributed by atoms with van der Waals surface area (Å²) in [6.45, 7) is 3.50. The lowest BCUT2D eigenvalue weighted by atomic mass is 10.1. The Morgan fingerprint density at radius 1 is 1.15 bits per heavy atom. The van der Waals surface area contributed by atoms with Crippen molar-refractivity contribution in [2.75, 3.05) is 12.3 Å². The van der Waals surface area contributed by atoms with Crippen LogP contribution >= 0.6 is 11.8 Å². The monoisotopic (exact) mass is 201 g/mol. The average molecular weight is 201 g/mol. The molecule has 0 aromatic carbocycles. The van der Waals surface area contributed by atoms with E-state index < -0.39 is 0 Å². The molecule has 1 saturated heterocycles. The van der Waals surface area contributed by atoms with E-state index in [4.69, 9.17) is 0 Å². The predicted octanol–water partition coefficient (Wildman–Crippen LogP) is 3.40. The lowest BCUT2D eigenvalue weighted by molar-refractivity contribution is 0.560. The zero-order valence-electron chi connectivity index (χ0n) is 8.85. The van der Waals surface area contributed by atoms with Crippen LogP contribution in [0.4, 0.5) is 0 Å². The molecule has 0 saturated carbocycles. The fourth-order valence-electron chi connectivity index (χ4n) is 1.78. The highest BCUT2D eigenvalue weighted by Gasteiger charge is 2.12. The van der Waals surface area contributed by atoms with Crippen molar-refractivity contribution in [2.45, 2.75) is 57.2 Å². The van der Waals surface area contributed by atoms with E-state index in [2.05, 4.69) is 24.0 Å². The van der Waals surface area contributed by atoms with Crippen molar-refractivity contribution in [2.24, 2.45) is 0 Å². The molecule has 1 heterocycles. The van der Waals surface area contributed by atoms with Crippen LogP contribution in [0, 0.1) is 0 Å². The van der Waals surface area contributed by atoms with Gasteiger partial charge in [-0.3, -0.25) is 0 Å². The molecule has 1 atom stereocenters. The molecule has 1 aliphatic heterocycles. The Kier molecular flexibility index (Phi) is 6.73. The van der Waals surface area contributed by atoms with Gasteiger partial charge in [0.1, 0.15) is 0 Å². The van der Waals surface area contributed by atoms with E-state index in [-0.39, 0.29) is 0 Å². The van der Waals surface area contributed by atoms with E-state index in [1.54, 1.807) is 0 Å². The molecule has 0 radical (unpaired) electrons. The summed E-state index contributed by atoms with van der Waals surface area (Å²) in [6, 6.07) is 0. The Morgan fingerprint density at radius 2 is 1.92 bits per heavy atom. The SMILES string of the molecule is CCCCCCCCC1NCCS1. The van der Waals surface area contributed by atoms with Crippen molar-refractivity contribution in [1.29, 1.82) is 0 Å². The van der Waals surface area contributed by atoms with E-state index in [1.807, 2.05) is 0 Å². The third-order valence-electron chi connectivity index (χ3n) is 2.61. The summed E-state index contributed by atoms with van der Waals surface area (Å²) in [4.78, 5) is 0. The van der Waals surface area contributed by atoms with Crippen molar-refractivity contribution in [1.82, 2.24) is 5.32 Å². The van der Waals surface area contributed by atoms with Crippen LogP contribution in [0.3, 0.4) is 0 Å². The zero-order chi connectivity index (χ0) is 9.36. The first-order valence-corrected chi connectivity index (χ1v) is 6.83. The molecule has 0 aromatic rings. The Hall–Kier alpha value is 0.310. The van der Waals surface area contributed by atoms with Crippen LogP contribution in [0.2, 0.25) is 0 Å². The van der Waals surface area contributed by atoms with Crippen LogP contribution in [-0.4, -0.2) is 17.7 Å². The first-order valence-electron chi connectivity index (χ1n) is 5.78. The van der Waals surface area contributed by atoms with Gasteiger partial charge in [0.25, 0.3) is 0 Å². The molecule has 0 aliphatic carbocycles. The fraction of sp³-hybridized carbons (Fsp3) is 1.00. The molecule has 1 unspecified atom stereocenters. The standard InChI is InChI=1S/C11H23NS/c1-2-3-4-5-6-7-8-11-12-9-10-13-11/h11-12H,2-10H2,1H3. The molecule has 1 rings (SSSR count). The Labute approximate surface area is 87.1 Å². The van der Waals surface area contributed by atoms with Gasteiger partial charge in [-0.2, -0.15) is 0 Å². The third-order valence-corrected chi connectivity index (χ3v) is 3.86. The van der Waals surface area contributed by atoms with Gasteiger partial charge in [-0.05, 0) is 6.42 Å². The number of unbranched alkanes of at least 4 members (excludes halogenated alkanes) is 5. The maximum atomic E-state index is 3.52. The average Bonchev–Trinajstić information content (AvgIpc) is 2.63. The molecular formula is C11H23NS. The summed E-state index contributed by atoms with van der Waals surface area (Å²) in [5, 5.41) is 4.31. The summed E-state index contributed by atoms with van der Waals surface area (Å²) in [7, 11) is 0. The largest absolute Gasteiger partial charge is 0.305 e. The first-order chi connectivity index (χ1) is 6.43. The molecule has 1 nitrogen and oxygen atoms in total. The van der Waals surface area contributed by atoms with Gasteiger partial charge >= 0.3 is 0 Å². The van der Waals surface area contributed by atoms with E-state index in [0.717, 1.165) is 5.37 Å². The van der Waals surface area contributed by atoms with Crippen molar-refractivity contribution in [3.8, 4) is 0 Å². The van der Waals surface area contributed by atoms with Gasteiger partial charge in [0.2, 0.25) is 0 Å². The van der Waals surface area contributed by atoms with E-state index in [0.29, 0.717) is 0 Å². The summed E-state index contributed by atoms with van der Waals surface area (Å²) >= 11 is 2.10. The maximum absolute atomic E-state index is 3.52. The summed E-state index contributed by atoms with van der Waals surface area (Å²) < 4.78 is 0. The van der Waals surface area contributed by atoms with Crippen molar-refractivity contribution in [3.05, 3.63) is 0 Å². The number of thioether (sulfide) groups is 1. The summed E-state index contributed by atoms with van der Waals surface area (Å²) in [5.41, 5.74) is 0. The second-order valence-corrected chi connectivity index (χ2v) is 5.18. The smallest absolute Gasteiger partial charge is 0.0532 e. The van der Waals surface area contributed by atoms with Gasteiger partial charge in [-0.25, -0.2) is 0 Å². The minimum atomic E-state index is 0.783. The lowest BCUT2D eigenvalue weighted by Gasteiger charge is -2.08. The lowest BCUT2D eigenvalue weighted by Crippen LogP contribution is -2.19. The normalized spacial score (nSPS) is 22.4. The third kappa shape index (κ3) is 5.58. The van der Waals surface area contributed by atoms with Crippen LogP contribution < -0.4 is 5.32 Å². The van der Waals surface area contributed by atoms with Crippen LogP contribution in [-0.2, 0) is 0 Å². The molecule has 0 amide bonds. The second kappa shape index (κ2) is 7.69. The number of hydrogen-bond donors (Lipinski definition) is 1. The molecule has 1 N–H and O–H groups in total.